The first kappa shape index (κ1) is 37.4. The molecule has 1 aromatic heterocycles. The van der Waals surface area contributed by atoms with Crippen molar-refractivity contribution >= 4 is 45.7 Å². The smallest absolute Gasteiger partial charge is 0.319 e. The first-order chi connectivity index (χ1) is 21.9. The van der Waals surface area contributed by atoms with Gasteiger partial charge in [0.25, 0.3) is 5.91 Å². The highest BCUT2D eigenvalue weighted by Crippen LogP contribution is 2.27. The zero-order valence-electron chi connectivity index (χ0n) is 26.3. The number of hydrogen-bond acceptors (Lipinski definition) is 7. The quantitative estimate of drug-likeness (QED) is 0.147. The molecule has 15 heteroatoms. The van der Waals surface area contributed by atoms with Crippen LogP contribution in [0.5, 0.6) is 11.6 Å². The number of hydrogen-bond donors (Lipinski definition) is 4. The number of rotatable bonds is 14. The summed E-state index contributed by atoms with van der Waals surface area (Å²) < 4.78 is 59.2. The van der Waals surface area contributed by atoms with Gasteiger partial charge in [0.05, 0.1) is 17.5 Å². The van der Waals surface area contributed by atoms with Crippen LogP contribution in [0.25, 0.3) is 0 Å². The van der Waals surface area contributed by atoms with Gasteiger partial charge in [-0.3, -0.25) is 14.4 Å². The minimum Gasteiger partial charge on any atom is -0.439 e. The number of carbonyl (C=O) groups is 2. The van der Waals surface area contributed by atoms with Crippen molar-refractivity contribution < 1.29 is 31.5 Å². The van der Waals surface area contributed by atoms with Gasteiger partial charge in [0.15, 0.2) is 0 Å². The normalized spacial score (nSPS) is 16.5. The number of nitrogens with two attached hydrogens (primary N) is 1. The maximum absolute atomic E-state index is 14.3. The Morgan fingerprint density at radius 2 is 1.81 bits per heavy atom. The van der Waals surface area contributed by atoms with Gasteiger partial charge in [0.1, 0.15) is 17.4 Å². The van der Waals surface area contributed by atoms with E-state index in [2.05, 4.69) is 32.2 Å². The number of halogens is 3. The number of unbranched alkanes of at least 4 members (excludes halogenated alkanes) is 3. The molecule has 2 aromatic carbocycles. The standard InChI is InChI=1S/C32H40F2N6O5S.ClH/c1-3-4-5-6-7-24-16-23(37-32(42)38-29-17-26(31(35)41)27(33)18-28(29)34)14-15-40(24)20-21-8-13-30(36-19-21)45-25-11-9-22(10-12-25)39-46(2,43)44;/h8-13,17-19,23-24,39H,3-7,14-16,20H2,1-2H3,(H2,35,41)(H2,37,38,42);1H. The lowest BCUT2D eigenvalue weighted by Gasteiger charge is -2.40. The van der Waals surface area contributed by atoms with Crippen LogP contribution in [0.15, 0.2) is 54.7 Å². The van der Waals surface area contributed by atoms with Gasteiger partial charge in [-0.2, -0.15) is 0 Å². The molecule has 5 N–H and O–H groups in total. The Balaban J connectivity index is 0.00000600. The van der Waals surface area contributed by atoms with Gasteiger partial charge >= 0.3 is 6.03 Å². The number of pyridine rings is 1. The number of benzene rings is 2. The fourth-order valence-electron chi connectivity index (χ4n) is 5.45. The topological polar surface area (TPSA) is 156 Å². The molecule has 1 aliphatic heterocycles. The zero-order chi connectivity index (χ0) is 33.3. The molecule has 4 rings (SSSR count). The summed E-state index contributed by atoms with van der Waals surface area (Å²) in [6.45, 7) is 3.53. The molecule has 1 fully saturated rings. The summed E-state index contributed by atoms with van der Waals surface area (Å²) in [5.41, 5.74) is 5.74. The molecule has 0 radical (unpaired) electrons. The predicted octanol–water partition coefficient (Wildman–Crippen LogP) is 6.17. The Labute approximate surface area is 280 Å². The monoisotopic (exact) mass is 694 g/mol. The number of carbonyl (C=O) groups excluding carboxylic acids is 2. The molecule has 0 saturated carbocycles. The van der Waals surface area contributed by atoms with Crippen molar-refractivity contribution in [2.24, 2.45) is 5.73 Å². The number of ether oxygens (including phenoxy) is 1. The minimum absolute atomic E-state index is 0. The number of aromatic nitrogens is 1. The third-order valence-corrected chi connectivity index (χ3v) is 8.30. The van der Waals surface area contributed by atoms with Crippen LogP contribution in [0, 0.1) is 11.6 Å². The van der Waals surface area contributed by atoms with Crippen molar-refractivity contribution in [3.63, 3.8) is 0 Å². The highest BCUT2D eigenvalue weighted by Gasteiger charge is 2.29. The average Bonchev–Trinajstić information content (AvgIpc) is 2.99. The van der Waals surface area contributed by atoms with E-state index in [-0.39, 0.29) is 30.2 Å². The molecule has 256 valence electrons. The number of nitrogens with one attached hydrogen (secondary N) is 3. The van der Waals surface area contributed by atoms with Gasteiger partial charge in [0.2, 0.25) is 15.9 Å². The Morgan fingerprint density at radius 1 is 1.06 bits per heavy atom. The third-order valence-electron chi connectivity index (χ3n) is 7.70. The van der Waals surface area contributed by atoms with Crippen molar-refractivity contribution in [1.29, 1.82) is 0 Å². The molecule has 2 heterocycles. The summed E-state index contributed by atoms with van der Waals surface area (Å²) in [5, 5.41) is 5.28. The first-order valence-corrected chi connectivity index (χ1v) is 17.1. The van der Waals surface area contributed by atoms with Crippen LogP contribution in [0.3, 0.4) is 0 Å². The second kappa shape index (κ2) is 17.2. The van der Waals surface area contributed by atoms with Crippen molar-refractivity contribution in [2.45, 2.75) is 70.5 Å². The number of primary amides is 1. The molecule has 11 nitrogen and oxygen atoms in total. The second-order valence-corrected chi connectivity index (χ2v) is 13.2. The fourth-order valence-corrected chi connectivity index (χ4v) is 6.01. The lowest BCUT2D eigenvalue weighted by molar-refractivity contribution is 0.0996. The number of piperidine rings is 1. The molecule has 0 aliphatic carbocycles. The lowest BCUT2D eigenvalue weighted by atomic mass is 9.92. The molecule has 1 aliphatic rings. The maximum atomic E-state index is 14.3. The van der Waals surface area contributed by atoms with E-state index in [1.54, 1.807) is 36.5 Å². The van der Waals surface area contributed by atoms with Crippen LogP contribution in [-0.4, -0.2) is 55.1 Å². The van der Waals surface area contributed by atoms with Crippen LogP contribution in [0.2, 0.25) is 0 Å². The minimum atomic E-state index is -3.37. The van der Waals surface area contributed by atoms with Crippen molar-refractivity contribution in [1.82, 2.24) is 15.2 Å². The predicted molar refractivity (Wildman–Crippen MR) is 179 cm³/mol. The number of anilines is 2. The van der Waals surface area contributed by atoms with Crippen molar-refractivity contribution in [2.75, 3.05) is 22.8 Å². The van der Waals surface area contributed by atoms with Gasteiger partial charge in [-0.25, -0.2) is 27.0 Å². The lowest BCUT2D eigenvalue weighted by Crippen LogP contribution is -2.50. The Morgan fingerprint density at radius 3 is 2.45 bits per heavy atom. The third kappa shape index (κ3) is 11.6. The molecule has 0 bridgehead atoms. The summed E-state index contributed by atoms with van der Waals surface area (Å²) in [6, 6.07) is 11.0. The highest BCUT2D eigenvalue weighted by atomic mass is 35.5. The van der Waals surface area contributed by atoms with E-state index in [1.165, 1.54) is 0 Å². The Bertz CT molecular complexity index is 1610. The molecular weight excluding hydrogens is 654 g/mol. The van der Waals surface area contributed by atoms with Crippen LogP contribution in [0.4, 0.5) is 25.0 Å². The van der Waals surface area contributed by atoms with Crippen LogP contribution in [-0.2, 0) is 16.6 Å². The molecular formula is C32H41ClF2N6O5S. The highest BCUT2D eigenvalue weighted by molar-refractivity contribution is 7.92. The van der Waals surface area contributed by atoms with E-state index in [0.29, 0.717) is 49.3 Å². The van der Waals surface area contributed by atoms with Gasteiger partial charge in [0, 0.05) is 49.2 Å². The van der Waals surface area contributed by atoms with E-state index in [9.17, 15) is 26.8 Å². The summed E-state index contributed by atoms with van der Waals surface area (Å²) in [7, 11) is -3.37. The maximum Gasteiger partial charge on any atom is 0.319 e. The Kier molecular flexibility index (Phi) is 13.7. The van der Waals surface area contributed by atoms with E-state index in [4.69, 9.17) is 10.5 Å². The Hall–Kier alpha value is -4.01. The molecule has 2 atom stereocenters. The zero-order valence-corrected chi connectivity index (χ0v) is 27.9. The van der Waals surface area contributed by atoms with Crippen LogP contribution in [0.1, 0.15) is 67.8 Å². The second-order valence-electron chi connectivity index (χ2n) is 11.5. The summed E-state index contributed by atoms with van der Waals surface area (Å²) in [5.74, 6) is -2.25. The fraction of sp³-hybridized carbons (Fsp3) is 0.406. The number of amides is 3. The van der Waals surface area contributed by atoms with Gasteiger partial charge < -0.3 is 21.1 Å². The molecule has 1 saturated heterocycles. The summed E-state index contributed by atoms with van der Waals surface area (Å²) in [6.07, 6.45) is 9.59. The number of urea groups is 1. The van der Waals surface area contributed by atoms with Crippen LogP contribution >= 0.6 is 12.4 Å². The van der Waals surface area contributed by atoms with Crippen molar-refractivity contribution in [3.8, 4) is 11.6 Å². The summed E-state index contributed by atoms with van der Waals surface area (Å²) >= 11 is 0. The molecule has 3 amide bonds. The van der Waals surface area contributed by atoms with E-state index < -0.39 is 39.2 Å². The first-order valence-electron chi connectivity index (χ1n) is 15.2. The molecule has 2 unspecified atom stereocenters. The van der Waals surface area contributed by atoms with Gasteiger partial charge in [-0.05, 0) is 55.2 Å². The van der Waals surface area contributed by atoms with Gasteiger partial charge in [-0.15, -0.1) is 12.4 Å². The van der Waals surface area contributed by atoms with Crippen molar-refractivity contribution in [3.05, 3.63) is 77.5 Å². The molecule has 3 aromatic rings. The number of sulfonamides is 1. The largest absolute Gasteiger partial charge is 0.439 e. The van der Waals surface area contributed by atoms with Crippen LogP contribution < -0.4 is 25.8 Å². The van der Waals surface area contributed by atoms with E-state index in [0.717, 1.165) is 50.0 Å². The van der Waals surface area contributed by atoms with E-state index in [1.807, 2.05) is 6.07 Å². The van der Waals surface area contributed by atoms with E-state index >= 15 is 0 Å². The molecule has 0 spiro atoms. The summed E-state index contributed by atoms with van der Waals surface area (Å²) in [4.78, 5) is 31.0. The SMILES string of the molecule is CCCCCCC1CC(NC(=O)Nc2cc(C(N)=O)c(F)cc2F)CCN1Cc1ccc(Oc2ccc(NS(C)(=O)=O)cc2)nc1.Cl. The number of likely N-dealkylation sites (tertiary alicyclic amines) is 1. The van der Waals surface area contributed by atoms with Gasteiger partial charge in [-0.1, -0.05) is 38.7 Å². The number of nitrogens with zero attached hydrogens (tertiary/aromatic N) is 2. The molecule has 47 heavy (non-hydrogen) atoms. The average molecular weight is 695 g/mol.